The van der Waals surface area contributed by atoms with Gasteiger partial charge in [0, 0.05) is 0 Å². The summed E-state index contributed by atoms with van der Waals surface area (Å²) in [5.41, 5.74) is 0. The van der Waals surface area contributed by atoms with Crippen molar-refractivity contribution in [2.45, 2.75) is 25.4 Å². The van der Waals surface area contributed by atoms with Gasteiger partial charge in [0.15, 0.2) is 0 Å². The number of esters is 1. The van der Waals surface area contributed by atoms with E-state index in [4.69, 9.17) is 0 Å². The van der Waals surface area contributed by atoms with E-state index >= 15 is 0 Å². The van der Waals surface area contributed by atoms with Crippen LogP contribution >= 0.6 is 0 Å². The Labute approximate surface area is 59.4 Å². The van der Waals surface area contributed by atoms with Crippen molar-refractivity contribution >= 4 is 5.97 Å². The van der Waals surface area contributed by atoms with Crippen molar-refractivity contribution in [3.63, 3.8) is 0 Å². The fourth-order valence-electron chi connectivity index (χ4n) is 1.31. The molecule has 1 aliphatic carbocycles. The summed E-state index contributed by atoms with van der Waals surface area (Å²) in [6.07, 6.45) is 0.726. The van der Waals surface area contributed by atoms with Crippen LogP contribution in [0.1, 0.15) is 19.3 Å². The highest BCUT2D eigenvalue weighted by Crippen LogP contribution is 2.28. The highest BCUT2D eigenvalue weighted by molar-refractivity contribution is 5.72. The number of hydrogen-bond acceptors (Lipinski definition) is 2. The minimum absolute atomic E-state index is 0.181. The monoisotopic (exact) mass is 146 g/mol. The maximum absolute atomic E-state index is 12.5. The zero-order valence-electron chi connectivity index (χ0n) is 5.97. The van der Waals surface area contributed by atoms with E-state index in [0.29, 0.717) is 19.3 Å². The van der Waals surface area contributed by atoms with Gasteiger partial charge in [-0.25, -0.2) is 4.39 Å². The molecule has 0 saturated heterocycles. The summed E-state index contributed by atoms with van der Waals surface area (Å²) in [5.74, 6) is -0.444. The lowest BCUT2D eigenvalue weighted by atomic mass is 10.1. The van der Waals surface area contributed by atoms with E-state index in [-0.39, 0.29) is 11.9 Å². The summed E-state index contributed by atoms with van der Waals surface area (Å²) in [5, 5.41) is 0. The van der Waals surface area contributed by atoms with Crippen molar-refractivity contribution in [1.29, 1.82) is 0 Å². The molecule has 0 aromatic carbocycles. The largest absolute Gasteiger partial charge is 0.469 e. The van der Waals surface area contributed by atoms with Crippen molar-refractivity contribution in [2.24, 2.45) is 5.92 Å². The first kappa shape index (κ1) is 7.51. The van der Waals surface area contributed by atoms with Gasteiger partial charge in [-0.15, -0.1) is 0 Å². The molecule has 0 bridgehead atoms. The number of ether oxygens (including phenoxy) is 1. The van der Waals surface area contributed by atoms with Gasteiger partial charge < -0.3 is 4.74 Å². The van der Waals surface area contributed by atoms with Crippen molar-refractivity contribution < 1.29 is 13.9 Å². The third-order valence-corrected chi connectivity index (χ3v) is 1.90. The van der Waals surface area contributed by atoms with Gasteiger partial charge in [0.05, 0.1) is 13.0 Å². The first-order valence-electron chi connectivity index (χ1n) is 3.46. The molecule has 1 aliphatic rings. The average Bonchev–Trinajstić information content (AvgIpc) is 2.34. The molecule has 1 fully saturated rings. The van der Waals surface area contributed by atoms with Gasteiger partial charge in [-0.05, 0) is 19.3 Å². The lowest BCUT2D eigenvalue weighted by molar-refractivity contribution is -0.145. The second-order valence-electron chi connectivity index (χ2n) is 2.63. The van der Waals surface area contributed by atoms with E-state index < -0.39 is 6.17 Å². The van der Waals surface area contributed by atoms with Crippen molar-refractivity contribution in [2.75, 3.05) is 7.11 Å². The molecule has 0 N–H and O–H groups in total. The molecule has 0 spiro atoms. The fraction of sp³-hybridized carbons (Fsp3) is 0.857. The van der Waals surface area contributed by atoms with Gasteiger partial charge >= 0.3 is 5.97 Å². The molecular formula is C7H11FO2. The fourth-order valence-corrected chi connectivity index (χ4v) is 1.31. The van der Waals surface area contributed by atoms with Gasteiger partial charge in [-0.3, -0.25) is 4.79 Å². The number of methoxy groups -OCH3 is 1. The summed E-state index contributed by atoms with van der Waals surface area (Å²) in [6.45, 7) is 0. The normalized spacial score (nSPS) is 32.2. The van der Waals surface area contributed by atoms with E-state index in [2.05, 4.69) is 4.74 Å². The molecule has 0 aromatic heterocycles. The minimum Gasteiger partial charge on any atom is -0.469 e. The number of carbonyl (C=O) groups is 1. The summed E-state index contributed by atoms with van der Waals surface area (Å²) < 4.78 is 16.9. The molecule has 2 atom stereocenters. The van der Waals surface area contributed by atoms with Gasteiger partial charge in [0.1, 0.15) is 6.17 Å². The lowest BCUT2D eigenvalue weighted by Gasteiger charge is -2.03. The molecule has 2 nitrogen and oxygen atoms in total. The Kier molecular flexibility index (Phi) is 2.25. The molecule has 1 unspecified atom stereocenters. The van der Waals surface area contributed by atoms with Crippen LogP contribution in [0, 0.1) is 5.92 Å². The lowest BCUT2D eigenvalue weighted by Crippen LogP contribution is -2.12. The quantitative estimate of drug-likeness (QED) is 0.521. The molecule has 3 heteroatoms. The zero-order chi connectivity index (χ0) is 7.56. The van der Waals surface area contributed by atoms with Crippen molar-refractivity contribution in [1.82, 2.24) is 0 Å². The number of alkyl halides is 1. The maximum atomic E-state index is 12.5. The molecule has 1 rings (SSSR count). The van der Waals surface area contributed by atoms with E-state index in [0.717, 1.165) is 0 Å². The van der Waals surface area contributed by atoms with Crippen molar-refractivity contribution in [3.05, 3.63) is 0 Å². The Morgan fingerprint density at radius 3 is 2.70 bits per heavy atom. The third kappa shape index (κ3) is 1.46. The van der Waals surface area contributed by atoms with Gasteiger partial charge in [-0.1, -0.05) is 0 Å². The molecular weight excluding hydrogens is 135 g/mol. The van der Waals surface area contributed by atoms with E-state index in [1.807, 2.05) is 0 Å². The Bertz CT molecular complexity index is 136. The highest BCUT2D eigenvalue weighted by atomic mass is 19.1. The number of rotatable bonds is 1. The van der Waals surface area contributed by atoms with Crippen LogP contribution in [0.2, 0.25) is 0 Å². The second-order valence-corrected chi connectivity index (χ2v) is 2.63. The predicted molar refractivity (Wildman–Crippen MR) is 34.3 cm³/mol. The SMILES string of the molecule is COC(=O)C1CC[C@@H](F)C1. The first-order valence-corrected chi connectivity index (χ1v) is 3.46. The van der Waals surface area contributed by atoms with Crippen LogP contribution in [0.25, 0.3) is 0 Å². The van der Waals surface area contributed by atoms with Crippen LogP contribution in [0.5, 0.6) is 0 Å². The molecule has 0 aliphatic heterocycles. The average molecular weight is 146 g/mol. The molecule has 58 valence electrons. The van der Waals surface area contributed by atoms with Crippen LogP contribution in [0.15, 0.2) is 0 Å². The van der Waals surface area contributed by atoms with Crippen LogP contribution in [-0.4, -0.2) is 19.3 Å². The summed E-state index contributed by atoms with van der Waals surface area (Å²) >= 11 is 0. The number of hydrogen-bond donors (Lipinski definition) is 0. The van der Waals surface area contributed by atoms with E-state index in [9.17, 15) is 9.18 Å². The molecule has 0 heterocycles. The number of halogens is 1. The first-order chi connectivity index (χ1) is 4.74. The Hall–Kier alpha value is -0.600. The smallest absolute Gasteiger partial charge is 0.308 e. The molecule has 0 radical (unpaired) electrons. The highest BCUT2D eigenvalue weighted by Gasteiger charge is 2.30. The second kappa shape index (κ2) is 2.99. The Balaban J connectivity index is 2.37. The van der Waals surface area contributed by atoms with Crippen LogP contribution < -0.4 is 0 Å². The summed E-state index contributed by atoms with van der Waals surface area (Å²) in [6, 6.07) is 0. The third-order valence-electron chi connectivity index (χ3n) is 1.90. The van der Waals surface area contributed by atoms with Crippen molar-refractivity contribution in [3.8, 4) is 0 Å². The van der Waals surface area contributed by atoms with Crippen LogP contribution in [0.3, 0.4) is 0 Å². The Morgan fingerprint density at radius 1 is 1.60 bits per heavy atom. The van der Waals surface area contributed by atoms with Crippen LogP contribution in [0.4, 0.5) is 4.39 Å². The minimum atomic E-state index is -0.788. The summed E-state index contributed by atoms with van der Waals surface area (Å²) in [4.78, 5) is 10.8. The maximum Gasteiger partial charge on any atom is 0.308 e. The molecule has 0 aromatic rings. The zero-order valence-corrected chi connectivity index (χ0v) is 5.97. The Morgan fingerprint density at radius 2 is 2.30 bits per heavy atom. The van der Waals surface area contributed by atoms with E-state index in [1.165, 1.54) is 7.11 Å². The van der Waals surface area contributed by atoms with Crippen LogP contribution in [-0.2, 0) is 9.53 Å². The summed E-state index contributed by atoms with van der Waals surface area (Å²) in [7, 11) is 1.34. The number of carbonyl (C=O) groups excluding carboxylic acids is 1. The predicted octanol–water partition coefficient (Wildman–Crippen LogP) is 1.30. The van der Waals surface area contributed by atoms with Gasteiger partial charge in [-0.2, -0.15) is 0 Å². The standard InChI is InChI=1S/C7H11FO2/c1-10-7(9)5-2-3-6(8)4-5/h5-6H,2-4H2,1H3/t5?,6-/m1/s1. The van der Waals surface area contributed by atoms with Gasteiger partial charge in [0.2, 0.25) is 0 Å². The van der Waals surface area contributed by atoms with E-state index in [1.54, 1.807) is 0 Å². The molecule has 10 heavy (non-hydrogen) atoms. The van der Waals surface area contributed by atoms with Gasteiger partial charge in [0.25, 0.3) is 0 Å². The molecule has 1 saturated carbocycles. The molecule has 0 amide bonds. The topological polar surface area (TPSA) is 26.3 Å².